The molecule has 1 aliphatic heterocycles. The van der Waals surface area contributed by atoms with E-state index in [9.17, 15) is 8.42 Å². The Hall–Kier alpha value is -1.22. The summed E-state index contributed by atoms with van der Waals surface area (Å²) in [5, 5.41) is 0. The van der Waals surface area contributed by atoms with E-state index < -0.39 is 10.0 Å². The summed E-state index contributed by atoms with van der Waals surface area (Å²) in [5.41, 5.74) is 2.37. The molecule has 0 amide bonds. The zero-order valence-electron chi connectivity index (χ0n) is 11.4. The van der Waals surface area contributed by atoms with Crippen molar-refractivity contribution >= 4 is 15.8 Å². The van der Waals surface area contributed by atoms with Gasteiger partial charge in [-0.1, -0.05) is 0 Å². The predicted octanol–water partition coefficient (Wildman–Crippen LogP) is 0.557. The van der Waals surface area contributed by atoms with E-state index in [2.05, 4.69) is 10.4 Å². The van der Waals surface area contributed by atoms with E-state index in [4.69, 9.17) is 10.6 Å². The number of piperidine rings is 1. The number of rotatable bonds is 5. The minimum atomic E-state index is -3.52. The molecule has 0 aliphatic carbocycles. The van der Waals surface area contributed by atoms with Crippen LogP contribution in [0.25, 0.3) is 0 Å². The third-order valence-electron chi connectivity index (χ3n) is 3.27. The highest BCUT2D eigenvalue weighted by Gasteiger charge is 2.30. The second-order valence-electron chi connectivity index (χ2n) is 4.61. The van der Waals surface area contributed by atoms with Gasteiger partial charge in [0.25, 0.3) is 0 Å². The van der Waals surface area contributed by atoms with Crippen LogP contribution in [0.4, 0.5) is 5.82 Å². The van der Waals surface area contributed by atoms with Crippen molar-refractivity contribution in [2.75, 3.05) is 25.1 Å². The number of nitrogens with two attached hydrogens (primary N) is 1. The Labute approximate surface area is 119 Å². The summed E-state index contributed by atoms with van der Waals surface area (Å²) < 4.78 is 32.0. The van der Waals surface area contributed by atoms with Gasteiger partial charge in [0.2, 0.25) is 10.0 Å². The van der Waals surface area contributed by atoms with E-state index in [1.807, 2.05) is 6.92 Å². The van der Waals surface area contributed by atoms with Crippen LogP contribution in [0.5, 0.6) is 0 Å². The minimum absolute atomic E-state index is 0.0264. The molecule has 1 unspecified atom stereocenters. The maximum atomic E-state index is 12.5. The van der Waals surface area contributed by atoms with Gasteiger partial charge >= 0.3 is 0 Å². The Balaban J connectivity index is 2.16. The molecule has 0 bridgehead atoms. The molecule has 1 fully saturated rings. The number of nitrogens with one attached hydrogen (secondary N) is 1. The van der Waals surface area contributed by atoms with Gasteiger partial charge in [-0.3, -0.25) is 0 Å². The van der Waals surface area contributed by atoms with Crippen LogP contribution in [0.15, 0.2) is 23.2 Å². The molecular weight excluding hydrogens is 280 g/mol. The molecule has 1 atom stereocenters. The molecule has 3 N–H and O–H groups in total. The zero-order chi connectivity index (χ0) is 14.6. The van der Waals surface area contributed by atoms with Crippen LogP contribution in [0.3, 0.4) is 0 Å². The molecule has 2 rings (SSSR count). The quantitative estimate of drug-likeness (QED) is 0.609. The maximum Gasteiger partial charge on any atom is 0.244 e. The third-order valence-corrected chi connectivity index (χ3v) is 5.11. The molecule has 1 saturated heterocycles. The molecule has 7 nitrogen and oxygen atoms in total. The molecule has 0 spiro atoms. The van der Waals surface area contributed by atoms with Gasteiger partial charge in [-0.15, -0.1) is 0 Å². The van der Waals surface area contributed by atoms with Gasteiger partial charge in [0, 0.05) is 25.9 Å². The summed E-state index contributed by atoms with van der Waals surface area (Å²) in [6.07, 6.45) is 2.99. The Morgan fingerprint density at radius 1 is 1.55 bits per heavy atom. The molecule has 112 valence electrons. The van der Waals surface area contributed by atoms with Crippen molar-refractivity contribution in [2.24, 2.45) is 5.84 Å². The highest BCUT2D eigenvalue weighted by Crippen LogP contribution is 2.22. The molecule has 0 aromatic carbocycles. The van der Waals surface area contributed by atoms with E-state index in [1.165, 1.54) is 22.6 Å². The molecule has 1 aliphatic rings. The standard InChI is InChI=1S/C12H20N4O3S/c1-2-19-10-4-3-7-16(9-10)20(17,18)11-5-6-12(15-13)14-8-11/h5-6,8,10H,2-4,7,9,13H2,1H3,(H,14,15). The predicted molar refractivity (Wildman–Crippen MR) is 75.5 cm³/mol. The van der Waals surface area contributed by atoms with Gasteiger partial charge in [0.1, 0.15) is 10.7 Å². The summed E-state index contributed by atoms with van der Waals surface area (Å²) in [7, 11) is -3.52. The van der Waals surface area contributed by atoms with Crippen molar-refractivity contribution in [3.63, 3.8) is 0 Å². The largest absolute Gasteiger partial charge is 0.377 e. The SMILES string of the molecule is CCOC1CCCN(S(=O)(=O)c2ccc(NN)nc2)C1. The Morgan fingerprint density at radius 3 is 2.95 bits per heavy atom. The van der Waals surface area contributed by atoms with E-state index in [1.54, 1.807) is 0 Å². The lowest BCUT2D eigenvalue weighted by Gasteiger charge is -2.31. The van der Waals surface area contributed by atoms with Gasteiger partial charge < -0.3 is 10.2 Å². The third kappa shape index (κ3) is 3.26. The number of hydrogen-bond acceptors (Lipinski definition) is 6. The molecule has 0 radical (unpaired) electrons. The molecule has 8 heteroatoms. The monoisotopic (exact) mass is 300 g/mol. The summed E-state index contributed by atoms with van der Waals surface area (Å²) >= 11 is 0. The Kier molecular flexibility index (Phi) is 4.92. The number of nitrogens with zero attached hydrogens (tertiary/aromatic N) is 2. The first kappa shape index (κ1) is 15.2. The van der Waals surface area contributed by atoms with Crippen molar-refractivity contribution in [3.8, 4) is 0 Å². The van der Waals surface area contributed by atoms with Gasteiger partial charge in [-0.05, 0) is 31.9 Å². The van der Waals surface area contributed by atoms with E-state index in [0.29, 0.717) is 25.5 Å². The fourth-order valence-electron chi connectivity index (χ4n) is 2.26. The van der Waals surface area contributed by atoms with Gasteiger partial charge in [-0.25, -0.2) is 19.2 Å². The number of pyridine rings is 1. The second-order valence-corrected chi connectivity index (χ2v) is 6.54. The lowest BCUT2D eigenvalue weighted by atomic mass is 10.1. The lowest BCUT2D eigenvalue weighted by molar-refractivity contribution is 0.0265. The number of nitrogen functional groups attached to an aromatic ring is 1. The van der Waals surface area contributed by atoms with Crippen LogP contribution in [0.2, 0.25) is 0 Å². The van der Waals surface area contributed by atoms with E-state index in [0.717, 1.165) is 12.8 Å². The van der Waals surface area contributed by atoms with Crippen LogP contribution in [-0.4, -0.2) is 43.5 Å². The first-order chi connectivity index (χ1) is 9.57. The zero-order valence-corrected chi connectivity index (χ0v) is 12.3. The summed E-state index contributed by atoms with van der Waals surface area (Å²) in [4.78, 5) is 4.12. The molecule has 1 aromatic rings. The van der Waals surface area contributed by atoms with Crippen LogP contribution in [0.1, 0.15) is 19.8 Å². The normalized spacial score (nSPS) is 20.8. The molecule has 20 heavy (non-hydrogen) atoms. The number of sulfonamides is 1. The van der Waals surface area contributed by atoms with E-state index in [-0.39, 0.29) is 11.0 Å². The van der Waals surface area contributed by atoms with Crippen molar-refractivity contribution in [1.82, 2.24) is 9.29 Å². The molecule has 1 aromatic heterocycles. The van der Waals surface area contributed by atoms with Crippen LogP contribution in [0, 0.1) is 0 Å². The van der Waals surface area contributed by atoms with Crippen LogP contribution >= 0.6 is 0 Å². The second kappa shape index (κ2) is 6.49. The number of aromatic nitrogens is 1. The number of hydrazine groups is 1. The molecular formula is C12H20N4O3S. The van der Waals surface area contributed by atoms with Crippen molar-refractivity contribution in [2.45, 2.75) is 30.8 Å². The fourth-order valence-corrected chi connectivity index (χ4v) is 3.72. The van der Waals surface area contributed by atoms with Gasteiger partial charge in [-0.2, -0.15) is 4.31 Å². The van der Waals surface area contributed by atoms with Crippen molar-refractivity contribution < 1.29 is 13.2 Å². The molecule has 0 saturated carbocycles. The van der Waals surface area contributed by atoms with E-state index >= 15 is 0 Å². The Morgan fingerprint density at radius 2 is 2.35 bits per heavy atom. The summed E-state index contributed by atoms with van der Waals surface area (Å²) in [6.45, 7) is 3.42. The number of ether oxygens (including phenoxy) is 1. The smallest absolute Gasteiger partial charge is 0.244 e. The average Bonchev–Trinajstić information content (AvgIpc) is 2.48. The maximum absolute atomic E-state index is 12.5. The Bertz CT molecular complexity index is 530. The minimum Gasteiger partial charge on any atom is -0.377 e. The van der Waals surface area contributed by atoms with Gasteiger partial charge in [0.15, 0.2) is 0 Å². The topological polar surface area (TPSA) is 97.5 Å². The average molecular weight is 300 g/mol. The highest BCUT2D eigenvalue weighted by atomic mass is 32.2. The summed E-state index contributed by atoms with van der Waals surface area (Å²) in [6, 6.07) is 3.04. The highest BCUT2D eigenvalue weighted by molar-refractivity contribution is 7.89. The molecule has 2 heterocycles. The first-order valence-corrected chi connectivity index (χ1v) is 8.06. The lowest BCUT2D eigenvalue weighted by Crippen LogP contribution is -2.43. The number of hydrogen-bond donors (Lipinski definition) is 2. The van der Waals surface area contributed by atoms with Crippen LogP contribution < -0.4 is 11.3 Å². The number of anilines is 1. The van der Waals surface area contributed by atoms with Crippen LogP contribution in [-0.2, 0) is 14.8 Å². The fraction of sp³-hybridized carbons (Fsp3) is 0.583. The first-order valence-electron chi connectivity index (χ1n) is 6.62. The summed E-state index contributed by atoms with van der Waals surface area (Å²) in [5.74, 6) is 5.64. The van der Waals surface area contributed by atoms with Gasteiger partial charge in [0.05, 0.1) is 6.10 Å². The van der Waals surface area contributed by atoms with Crippen molar-refractivity contribution in [1.29, 1.82) is 0 Å². The van der Waals surface area contributed by atoms with Crippen molar-refractivity contribution in [3.05, 3.63) is 18.3 Å².